The Labute approximate surface area is 124 Å². The van der Waals surface area contributed by atoms with Crippen LogP contribution in [0, 0.1) is 5.82 Å². The third kappa shape index (κ3) is 3.91. The standard InChI is InChI=1S/C15H23FN4O/c1-3-17-14-13(16)12(7-8-18-14)15(21)19-11-6-5-9-20(4-2)10-11/h7-8,11H,3-6,9-10H2,1-2H3,(H,17,18)(H,19,21). The summed E-state index contributed by atoms with van der Waals surface area (Å²) in [5.41, 5.74) is 0.0505. The topological polar surface area (TPSA) is 57.3 Å². The smallest absolute Gasteiger partial charge is 0.254 e. The van der Waals surface area contributed by atoms with Gasteiger partial charge in [0.15, 0.2) is 11.6 Å². The number of carbonyl (C=O) groups is 1. The van der Waals surface area contributed by atoms with Gasteiger partial charge >= 0.3 is 0 Å². The van der Waals surface area contributed by atoms with Crippen molar-refractivity contribution < 1.29 is 9.18 Å². The Morgan fingerprint density at radius 3 is 3.05 bits per heavy atom. The van der Waals surface area contributed by atoms with Crippen LogP contribution < -0.4 is 10.6 Å². The lowest BCUT2D eigenvalue weighted by Crippen LogP contribution is -2.47. The average Bonchev–Trinajstić information content (AvgIpc) is 2.49. The molecule has 6 heteroatoms. The molecule has 1 fully saturated rings. The first-order valence-corrected chi connectivity index (χ1v) is 7.57. The summed E-state index contributed by atoms with van der Waals surface area (Å²) in [5, 5.41) is 5.75. The molecule has 2 heterocycles. The highest BCUT2D eigenvalue weighted by atomic mass is 19.1. The van der Waals surface area contributed by atoms with Gasteiger partial charge in [-0.05, 0) is 38.9 Å². The lowest BCUT2D eigenvalue weighted by atomic mass is 10.1. The van der Waals surface area contributed by atoms with Gasteiger partial charge in [-0.25, -0.2) is 9.37 Å². The van der Waals surface area contributed by atoms with Gasteiger partial charge in [-0.1, -0.05) is 6.92 Å². The monoisotopic (exact) mass is 294 g/mol. The first kappa shape index (κ1) is 15.7. The Morgan fingerprint density at radius 2 is 2.33 bits per heavy atom. The maximum Gasteiger partial charge on any atom is 0.254 e. The molecule has 2 rings (SSSR count). The number of piperidine rings is 1. The molecule has 21 heavy (non-hydrogen) atoms. The summed E-state index contributed by atoms with van der Waals surface area (Å²) < 4.78 is 14.2. The Morgan fingerprint density at radius 1 is 1.52 bits per heavy atom. The van der Waals surface area contributed by atoms with E-state index in [0.29, 0.717) is 6.54 Å². The van der Waals surface area contributed by atoms with Crippen LogP contribution >= 0.6 is 0 Å². The Bertz CT molecular complexity index is 495. The molecular formula is C15H23FN4O. The highest BCUT2D eigenvalue weighted by Gasteiger charge is 2.23. The zero-order valence-electron chi connectivity index (χ0n) is 12.7. The number of hydrogen-bond acceptors (Lipinski definition) is 4. The van der Waals surface area contributed by atoms with Crippen molar-refractivity contribution in [2.24, 2.45) is 0 Å². The first-order chi connectivity index (χ1) is 10.2. The van der Waals surface area contributed by atoms with Crippen LogP contribution in [0.5, 0.6) is 0 Å². The van der Waals surface area contributed by atoms with E-state index < -0.39 is 5.82 Å². The molecule has 1 saturated heterocycles. The second-order valence-corrected chi connectivity index (χ2v) is 5.26. The van der Waals surface area contributed by atoms with E-state index in [-0.39, 0.29) is 23.3 Å². The number of hydrogen-bond donors (Lipinski definition) is 2. The zero-order chi connectivity index (χ0) is 15.2. The number of likely N-dealkylation sites (N-methyl/N-ethyl adjacent to an activating group) is 1. The number of rotatable bonds is 5. The van der Waals surface area contributed by atoms with Crippen molar-refractivity contribution in [1.29, 1.82) is 0 Å². The molecule has 1 aromatic heterocycles. The van der Waals surface area contributed by atoms with Crippen LogP contribution in [0.3, 0.4) is 0 Å². The predicted molar refractivity (Wildman–Crippen MR) is 81.0 cm³/mol. The molecule has 1 atom stereocenters. The molecule has 1 aromatic rings. The Kier molecular flexibility index (Phi) is 5.50. The number of halogens is 1. The summed E-state index contributed by atoms with van der Waals surface area (Å²) >= 11 is 0. The van der Waals surface area contributed by atoms with Crippen molar-refractivity contribution in [3.8, 4) is 0 Å². The molecule has 1 amide bonds. The molecule has 2 N–H and O–H groups in total. The summed E-state index contributed by atoms with van der Waals surface area (Å²) in [4.78, 5) is 18.5. The molecule has 1 aliphatic heterocycles. The first-order valence-electron chi connectivity index (χ1n) is 7.57. The predicted octanol–water partition coefficient (Wildman–Crippen LogP) is 1.87. The van der Waals surface area contributed by atoms with Crippen LogP contribution in [0.2, 0.25) is 0 Å². The lowest BCUT2D eigenvalue weighted by Gasteiger charge is -2.32. The third-order valence-corrected chi connectivity index (χ3v) is 3.77. The largest absolute Gasteiger partial charge is 0.368 e. The number of carbonyl (C=O) groups excluding carboxylic acids is 1. The molecule has 116 valence electrons. The number of pyridine rings is 1. The van der Waals surface area contributed by atoms with E-state index in [1.54, 1.807) is 0 Å². The van der Waals surface area contributed by atoms with Gasteiger partial charge in [0.1, 0.15) is 0 Å². The molecule has 0 aromatic carbocycles. The van der Waals surface area contributed by atoms with Gasteiger partial charge in [-0.2, -0.15) is 0 Å². The molecular weight excluding hydrogens is 271 g/mol. The molecule has 0 aliphatic carbocycles. The van der Waals surface area contributed by atoms with Crippen LogP contribution in [-0.2, 0) is 0 Å². The average molecular weight is 294 g/mol. The number of aromatic nitrogens is 1. The Hall–Kier alpha value is -1.69. The van der Waals surface area contributed by atoms with Crippen molar-refractivity contribution in [1.82, 2.24) is 15.2 Å². The summed E-state index contributed by atoms with van der Waals surface area (Å²) in [6.45, 7) is 7.39. The molecule has 1 aliphatic rings. The summed E-state index contributed by atoms with van der Waals surface area (Å²) in [6, 6.07) is 1.51. The van der Waals surface area contributed by atoms with E-state index in [1.165, 1.54) is 12.3 Å². The Balaban J connectivity index is 2.04. The van der Waals surface area contributed by atoms with Crippen LogP contribution in [0.25, 0.3) is 0 Å². The van der Waals surface area contributed by atoms with Crippen molar-refractivity contribution in [2.75, 3.05) is 31.5 Å². The fourth-order valence-corrected chi connectivity index (χ4v) is 2.63. The minimum absolute atomic E-state index is 0.0505. The number of likely N-dealkylation sites (tertiary alicyclic amines) is 1. The van der Waals surface area contributed by atoms with Crippen molar-refractivity contribution in [2.45, 2.75) is 32.7 Å². The SMILES string of the molecule is CCNc1nccc(C(=O)NC2CCCN(CC)C2)c1F. The zero-order valence-corrected chi connectivity index (χ0v) is 12.7. The van der Waals surface area contributed by atoms with Gasteiger partial charge in [-0.15, -0.1) is 0 Å². The van der Waals surface area contributed by atoms with Gasteiger partial charge in [0, 0.05) is 25.3 Å². The molecule has 5 nitrogen and oxygen atoms in total. The quantitative estimate of drug-likeness (QED) is 0.870. The maximum absolute atomic E-state index is 14.2. The number of amides is 1. The van der Waals surface area contributed by atoms with E-state index in [0.717, 1.165) is 32.5 Å². The second kappa shape index (κ2) is 7.36. The fraction of sp³-hybridized carbons (Fsp3) is 0.600. The van der Waals surface area contributed by atoms with Crippen molar-refractivity contribution >= 4 is 11.7 Å². The van der Waals surface area contributed by atoms with E-state index in [1.807, 2.05) is 6.92 Å². The van der Waals surface area contributed by atoms with Crippen LogP contribution in [0.1, 0.15) is 37.0 Å². The third-order valence-electron chi connectivity index (χ3n) is 3.77. The van der Waals surface area contributed by atoms with E-state index in [9.17, 15) is 9.18 Å². The van der Waals surface area contributed by atoms with Crippen LogP contribution in [0.4, 0.5) is 10.2 Å². The van der Waals surface area contributed by atoms with Crippen LogP contribution in [0.15, 0.2) is 12.3 Å². The van der Waals surface area contributed by atoms with E-state index in [2.05, 4.69) is 27.4 Å². The lowest BCUT2D eigenvalue weighted by molar-refractivity contribution is 0.0901. The van der Waals surface area contributed by atoms with E-state index >= 15 is 0 Å². The van der Waals surface area contributed by atoms with E-state index in [4.69, 9.17) is 0 Å². The van der Waals surface area contributed by atoms with Gasteiger partial charge in [-0.3, -0.25) is 4.79 Å². The van der Waals surface area contributed by atoms with Crippen molar-refractivity contribution in [3.63, 3.8) is 0 Å². The molecule has 0 spiro atoms. The number of anilines is 1. The highest BCUT2D eigenvalue weighted by molar-refractivity contribution is 5.95. The molecule has 0 saturated carbocycles. The molecule has 0 radical (unpaired) electrons. The van der Waals surface area contributed by atoms with Gasteiger partial charge in [0.05, 0.1) is 5.56 Å². The van der Waals surface area contributed by atoms with Gasteiger partial charge in [0.2, 0.25) is 0 Å². The molecule has 0 bridgehead atoms. The maximum atomic E-state index is 14.2. The minimum atomic E-state index is -0.583. The van der Waals surface area contributed by atoms with Gasteiger partial charge < -0.3 is 15.5 Å². The van der Waals surface area contributed by atoms with Crippen molar-refractivity contribution in [3.05, 3.63) is 23.6 Å². The summed E-state index contributed by atoms with van der Waals surface area (Å²) in [5.74, 6) is -0.819. The summed E-state index contributed by atoms with van der Waals surface area (Å²) in [7, 11) is 0. The summed E-state index contributed by atoms with van der Waals surface area (Å²) in [6.07, 6.45) is 3.45. The highest BCUT2D eigenvalue weighted by Crippen LogP contribution is 2.16. The van der Waals surface area contributed by atoms with Gasteiger partial charge in [0.25, 0.3) is 5.91 Å². The fourth-order valence-electron chi connectivity index (χ4n) is 2.63. The second-order valence-electron chi connectivity index (χ2n) is 5.26. The number of nitrogens with one attached hydrogen (secondary N) is 2. The number of nitrogens with zero attached hydrogens (tertiary/aromatic N) is 2. The molecule has 1 unspecified atom stereocenters. The van der Waals surface area contributed by atoms with Crippen LogP contribution in [-0.4, -0.2) is 48.0 Å². The minimum Gasteiger partial charge on any atom is -0.368 e. The normalized spacial score (nSPS) is 19.3.